The molecule has 2 amide bonds. The summed E-state index contributed by atoms with van der Waals surface area (Å²) in [7, 11) is 0. The van der Waals surface area contributed by atoms with Gasteiger partial charge in [0.25, 0.3) is 11.8 Å². The number of hydrogen-bond donors (Lipinski definition) is 6. The van der Waals surface area contributed by atoms with Gasteiger partial charge in [-0.3, -0.25) is 14.4 Å². The number of nitrogens with one attached hydrogen (secondary N) is 4. The van der Waals surface area contributed by atoms with Crippen molar-refractivity contribution >= 4 is 33.8 Å². The SMILES string of the molecule is CCN(CC)CCNCCNC(=O)COc1cc2oc3cc(OCC(=O)NCCNCCN(CC)CC)c(CO)c(CC=C(C)C)c3c(=O)c2c(O)c1CC=C(C)C. The number of fused-ring (bicyclic) bond motifs is 2. The number of carbonyl (C=O) groups excluding carboxylic acids is 2. The molecular formula is C44H68N6O8. The van der Waals surface area contributed by atoms with Gasteiger partial charge in [0.15, 0.2) is 13.2 Å². The lowest BCUT2D eigenvalue weighted by Crippen LogP contribution is -2.37. The van der Waals surface area contributed by atoms with Gasteiger partial charge in [0, 0.05) is 75.6 Å². The van der Waals surface area contributed by atoms with Crippen molar-refractivity contribution in [3.63, 3.8) is 0 Å². The molecule has 0 atom stereocenters. The number of amides is 2. The molecule has 0 aliphatic heterocycles. The van der Waals surface area contributed by atoms with Gasteiger partial charge < -0.3 is 55.2 Å². The van der Waals surface area contributed by atoms with Crippen LogP contribution in [0.4, 0.5) is 0 Å². The zero-order valence-corrected chi connectivity index (χ0v) is 36.1. The number of aliphatic hydroxyl groups excluding tert-OH is 1. The zero-order chi connectivity index (χ0) is 42.6. The van der Waals surface area contributed by atoms with Crippen molar-refractivity contribution in [1.29, 1.82) is 0 Å². The maximum atomic E-state index is 14.5. The van der Waals surface area contributed by atoms with Gasteiger partial charge in [0.1, 0.15) is 33.8 Å². The van der Waals surface area contributed by atoms with E-state index in [1.807, 2.05) is 39.8 Å². The van der Waals surface area contributed by atoms with Gasteiger partial charge in [0.2, 0.25) is 5.43 Å². The molecule has 0 saturated heterocycles. The average molecular weight is 809 g/mol. The van der Waals surface area contributed by atoms with E-state index >= 15 is 0 Å². The molecule has 0 spiro atoms. The first-order valence-corrected chi connectivity index (χ1v) is 20.7. The Hall–Kier alpha value is -4.47. The highest BCUT2D eigenvalue weighted by Crippen LogP contribution is 2.39. The van der Waals surface area contributed by atoms with Crippen molar-refractivity contribution in [1.82, 2.24) is 31.1 Å². The second kappa shape index (κ2) is 25.1. The predicted molar refractivity (Wildman–Crippen MR) is 232 cm³/mol. The molecule has 0 aliphatic rings. The van der Waals surface area contributed by atoms with Crippen molar-refractivity contribution in [3.05, 3.63) is 62.3 Å². The van der Waals surface area contributed by atoms with E-state index in [1.165, 1.54) is 12.1 Å². The Labute approximate surface area is 344 Å². The van der Waals surface area contributed by atoms with Crippen LogP contribution in [0.2, 0.25) is 0 Å². The van der Waals surface area contributed by atoms with E-state index in [-0.39, 0.29) is 77.1 Å². The minimum absolute atomic E-state index is 0.0432. The summed E-state index contributed by atoms with van der Waals surface area (Å²) >= 11 is 0. The minimum atomic E-state index is -0.491. The summed E-state index contributed by atoms with van der Waals surface area (Å²) in [4.78, 5) is 44.7. The Morgan fingerprint density at radius 3 is 1.57 bits per heavy atom. The number of phenolic OH excluding ortho intramolecular Hbond substituents is 1. The summed E-state index contributed by atoms with van der Waals surface area (Å²) in [5, 5.41) is 34.9. The molecule has 0 radical (unpaired) electrons. The molecular weight excluding hydrogens is 741 g/mol. The number of aromatic hydroxyl groups is 1. The topological polar surface area (TPSA) is 178 Å². The van der Waals surface area contributed by atoms with E-state index in [4.69, 9.17) is 13.9 Å². The number of aliphatic hydroxyl groups is 1. The van der Waals surface area contributed by atoms with Crippen molar-refractivity contribution < 1.29 is 33.7 Å². The van der Waals surface area contributed by atoms with Crippen molar-refractivity contribution in [3.8, 4) is 17.2 Å². The van der Waals surface area contributed by atoms with E-state index < -0.39 is 12.0 Å². The zero-order valence-electron chi connectivity index (χ0n) is 36.1. The fourth-order valence-corrected chi connectivity index (χ4v) is 6.50. The lowest BCUT2D eigenvalue weighted by atomic mass is 9.95. The molecule has 1 heterocycles. The smallest absolute Gasteiger partial charge is 0.257 e. The number of rotatable bonds is 27. The normalized spacial score (nSPS) is 11.4. The average Bonchev–Trinajstić information content (AvgIpc) is 3.19. The second-order valence-electron chi connectivity index (χ2n) is 14.7. The van der Waals surface area contributed by atoms with E-state index in [0.717, 1.165) is 63.5 Å². The first-order chi connectivity index (χ1) is 27.9. The maximum absolute atomic E-state index is 14.5. The molecule has 14 heteroatoms. The molecule has 0 unspecified atom stereocenters. The van der Waals surface area contributed by atoms with E-state index in [2.05, 4.69) is 58.8 Å². The lowest BCUT2D eigenvalue weighted by Gasteiger charge is -2.18. The summed E-state index contributed by atoms with van der Waals surface area (Å²) in [6.07, 6.45) is 4.32. The molecule has 1 aromatic heterocycles. The summed E-state index contributed by atoms with van der Waals surface area (Å²) in [6, 6.07) is 3.01. The number of benzene rings is 2. The van der Waals surface area contributed by atoms with Crippen LogP contribution in [0.25, 0.3) is 21.9 Å². The van der Waals surface area contributed by atoms with Crippen LogP contribution in [0.15, 0.2) is 44.6 Å². The molecule has 0 fully saturated rings. The molecule has 2 aromatic carbocycles. The molecule has 0 bridgehead atoms. The fourth-order valence-electron chi connectivity index (χ4n) is 6.50. The Bertz CT molecular complexity index is 1910. The van der Waals surface area contributed by atoms with Crippen LogP contribution in [0.1, 0.15) is 72.1 Å². The van der Waals surface area contributed by atoms with E-state index in [0.29, 0.717) is 42.9 Å². The van der Waals surface area contributed by atoms with Crippen LogP contribution in [0, 0.1) is 0 Å². The highest BCUT2D eigenvalue weighted by molar-refractivity contribution is 5.97. The number of likely N-dealkylation sites (N-methyl/N-ethyl adjacent to an activating group) is 2. The Morgan fingerprint density at radius 2 is 1.12 bits per heavy atom. The largest absolute Gasteiger partial charge is 0.507 e. The van der Waals surface area contributed by atoms with Crippen LogP contribution < -0.4 is 36.2 Å². The first kappa shape index (κ1) is 47.9. The molecule has 0 saturated carbocycles. The Kier molecular flexibility index (Phi) is 20.7. The van der Waals surface area contributed by atoms with Gasteiger partial charge in [-0.05, 0) is 72.3 Å². The predicted octanol–water partition coefficient (Wildman–Crippen LogP) is 4.01. The maximum Gasteiger partial charge on any atom is 0.257 e. The minimum Gasteiger partial charge on any atom is -0.507 e. The van der Waals surface area contributed by atoms with Gasteiger partial charge in [-0.1, -0.05) is 51.0 Å². The summed E-state index contributed by atoms with van der Waals surface area (Å²) < 4.78 is 18.3. The third-order valence-electron chi connectivity index (χ3n) is 10.0. The second-order valence-corrected chi connectivity index (χ2v) is 14.7. The van der Waals surface area contributed by atoms with Crippen molar-refractivity contribution in [2.24, 2.45) is 0 Å². The Morgan fingerprint density at radius 1 is 0.672 bits per heavy atom. The number of phenols is 1. The van der Waals surface area contributed by atoms with Gasteiger partial charge in [-0.15, -0.1) is 0 Å². The summed E-state index contributed by atoms with van der Waals surface area (Å²) in [5.41, 5.74) is 2.83. The van der Waals surface area contributed by atoms with Gasteiger partial charge in [-0.25, -0.2) is 0 Å². The molecule has 3 rings (SSSR count). The number of nitrogens with zero attached hydrogens (tertiary/aromatic N) is 2. The number of carbonyl (C=O) groups is 2. The first-order valence-electron chi connectivity index (χ1n) is 20.7. The monoisotopic (exact) mass is 809 g/mol. The third kappa shape index (κ3) is 14.4. The molecule has 6 N–H and O–H groups in total. The number of allylic oxidation sites excluding steroid dienone is 4. The summed E-state index contributed by atoms with van der Waals surface area (Å²) in [6.45, 7) is 24.6. The van der Waals surface area contributed by atoms with Gasteiger partial charge in [-0.2, -0.15) is 0 Å². The van der Waals surface area contributed by atoms with Crippen molar-refractivity contribution in [2.75, 3.05) is 91.8 Å². The molecule has 0 aliphatic carbocycles. The van der Waals surface area contributed by atoms with Gasteiger partial charge in [0.05, 0.1) is 12.0 Å². The lowest BCUT2D eigenvalue weighted by molar-refractivity contribution is -0.123. The highest BCUT2D eigenvalue weighted by atomic mass is 16.5. The number of ether oxygens (including phenoxy) is 2. The molecule has 3 aromatic rings. The van der Waals surface area contributed by atoms with Gasteiger partial charge >= 0.3 is 0 Å². The quantitative estimate of drug-likeness (QED) is 0.0371. The fraction of sp³-hybridized carbons (Fsp3) is 0.568. The van der Waals surface area contributed by atoms with Crippen molar-refractivity contribution in [2.45, 2.75) is 74.8 Å². The Balaban J connectivity index is 1.92. The third-order valence-corrected chi connectivity index (χ3v) is 10.0. The van der Waals surface area contributed by atoms with Crippen LogP contribution in [-0.4, -0.2) is 124 Å². The molecule has 58 heavy (non-hydrogen) atoms. The van der Waals surface area contributed by atoms with Crippen LogP contribution in [0.5, 0.6) is 17.2 Å². The van der Waals surface area contributed by atoms with Crippen LogP contribution in [0.3, 0.4) is 0 Å². The highest BCUT2D eigenvalue weighted by Gasteiger charge is 2.24. The van der Waals surface area contributed by atoms with Crippen LogP contribution >= 0.6 is 0 Å². The number of hydrogen-bond acceptors (Lipinski definition) is 12. The molecule has 322 valence electrons. The standard InChI is InChI=1S/C44H68N6O8/c1-9-49(10-2)23-21-45-17-19-47-39(52)28-56-35-25-38-42(43(54)33(35)16-14-31(7)8)44(55)41-32(15-13-30(5)6)34(27-51)36(26-37(41)58-38)57-29-40(53)48-20-18-46-22-24-50(11-3)12-4/h13-14,25-26,45-46,51,54H,9-12,15-24,27-29H2,1-8H3,(H,47,52)(H,48,53). The van der Waals surface area contributed by atoms with Crippen LogP contribution in [-0.2, 0) is 29.0 Å². The molecule has 14 nitrogen and oxygen atoms in total. The summed E-state index contributed by atoms with van der Waals surface area (Å²) in [5.74, 6) is -0.591. The van der Waals surface area contributed by atoms with E-state index in [1.54, 1.807) is 0 Å². The van der Waals surface area contributed by atoms with E-state index in [9.17, 15) is 24.6 Å².